The van der Waals surface area contributed by atoms with E-state index in [1.807, 2.05) is 0 Å². The molecule has 0 bridgehead atoms. The van der Waals surface area contributed by atoms with E-state index in [9.17, 15) is 13.2 Å². The Bertz CT molecular complexity index is 896. The van der Waals surface area contributed by atoms with Crippen molar-refractivity contribution in [1.82, 2.24) is 0 Å². The van der Waals surface area contributed by atoms with E-state index in [0.717, 1.165) is 0 Å². The number of halogens is 1. The van der Waals surface area contributed by atoms with Gasteiger partial charge < -0.3 is 14.2 Å². The number of carbonyl (C=O) groups is 1. The van der Waals surface area contributed by atoms with E-state index in [4.69, 9.17) is 25.8 Å². The molecule has 0 aromatic heterocycles. The number of anilines is 1. The number of sulfonamides is 1. The summed E-state index contributed by atoms with van der Waals surface area (Å²) in [5.74, 6) is -0.206. The Labute approximate surface area is 156 Å². The molecule has 0 amide bonds. The molecule has 0 fully saturated rings. The van der Waals surface area contributed by atoms with E-state index < -0.39 is 16.0 Å². The molecule has 26 heavy (non-hydrogen) atoms. The fourth-order valence-corrected chi connectivity index (χ4v) is 3.60. The molecule has 2 rings (SSSR count). The number of hydrogen-bond acceptors (Lipinski definition) is 6. The quantitative estimate of drug-likeness (QED) is 0.718. The first-order chi connectivity index (χ1) is 12.3. The Balaban J connectivity index is 2.33. The zero-order valence-corrected chi connectivity index (χ0v) is 16.0. The third-order valence-electron chi connectivity index (χ3n) is 3.38. The topological polar surface area (TPSA) is 90.9 Å². The first-order valence-electron chi connectivity index (χ1n) is 7.54. The summed E-state index contributed by atoms with van der Waals surface area (Å²) in [6.45, 7) is 1.96. The minimum absolute atomic E-state index is 0.0754. The van der Waals surface area contributed by atoms with Crippen LogP contribution in [-0.2, 0) is 14.8 Å². The van der Waals surface area contributed by atoms with E-state index in [1.54, 1.807) is 6.92 Å². The molecule has 0 radical (unpaired) electrons. The summed E-state index contributed by atoms with van der Waals surface area (Å²) in [6.07, 6.45) is 0. The van der Waals surface area contributed by atoms with E-state index in [-0.39, 0.29) is 33.7 Å². The van der Waals surface area contributed by atoms with Gasteiger partial charge in [0.25, 0.3) is 10.0 Å². The van der Waals surface area contributed by atoms with Crippen molar-refractivity contribution >= 4 is 33.3 Å². The van der Waals surface area contributed by atoms with Crippen molar-refractivity contribution in [3.63, 3.8) is 0 Å². The largest absolute Gasteiger partial charge is 0.495 e. The van der Waals surface area contributed by atoms with Gasteiger partial charge in [-0.2, -0.15) is 0 Å². The molecule has 0 heterocycles. The van der Waals surface area contributed by atoms with Crippen LogP contribution in [0.5, 0.6) is 11.5 Å². The minimum atomic E-state index is -3.98. The van der Waals surface area contributed by atoms with E-state index in [0.29, 0.717) is 5.56 Å². The van der Waals surface area contributed by atoms with Crippen LogP contribution in [0.3, 0.4) is 0 Å². The van der Waals surface area contributed by atoms with Crippen LogP contribution in [0, 0.1) is 0 Å². The predicted molar refractivity (Wildman–Crippen MR) is 97.8 cm³/mol. The maximum atomic E-state index is 12.7. The predicted octanol–water partition coefficient (Wildman–Crippen LogP) is 3.33. The molecule has 1 N–H and O–H groups in total. The monoisotopic (exact) mass is 399 g/mol. The van der Waals surface area contributed by atoms with Gasteiger partial charge in [-0.3, -0.25) is 4.72 Å². The molecule has 0 unspecified atom stereocenters. The van der Waals surface area contributed by atoms with Gasteiger partial charge in [0.2, 0.25) is 0 Å². The first kappa shape index (κ1) is 19.9. The molecule has 0 aliphatic carbocycles. The van der Waals surface area contributed by atoms with Gasteiger partial charge in [0.05, 0.1) is 31.4 Å². The number of methoxy groups -OCH3 is 2. The number of ether oxygens (including phenoxy) is 3. The summed E-state index contributed by atoms with van der Waals surface area (Å²) in [5.41, 5.74) is 0.592. The summed E-state index contributed by atoms with van der Waals surface area (Å²) >= 11 is 6.00. The van der Waals surface area contributed by atoms with Crippen molar-refractivity contribution in [2.45, 2.75) is 11.8 Å². The molecule has 140 valence electrons. The van der Waals surface area contributed by atoms with Crippen LogP contribution >= 0.6 is 11.6 Å². The van der Waals surface area contributed by atoms with Gasteiger partial charge in [-0.25, -0.2) is 13.2 Å². The average Bonchev–Trinajstić information content (AvgIpc) is 2.61. The summed E-state index contributed by atoms with van der Waals surface area (Å²) in [7, 11) is -1.26. The lowest BCUT2D eigenvalue weighted by atomic mass is 10.2. The molecule has 9 heteroatoms. The van der Waals surface area contributed by atoms with Gasteiger partial charge >= 0.3 is 5.97 Å². The summed E-state index contributed by atoms with van der Waals surface area (Å²) in [4.78, 5) is 11.5. The van der Waals surface area contributed by atoms with Crippen molar-refractivity contribution in [2.75, 3.05) is 25.5 Å². The van der Waals surface area contributed by atoms with Crippen molar-refractivity contribution < 1.29 is 27.4 Å². The van der Waals surface area contributed by atoms with Crippen LogP contribution < -0.4 is 14.2 Å². The first-order valence-corrected chi connectivity index (χ1v) is 9.40. The van der Waals surface area contributed by atoms with Gasteiger partial charge in [-0.05, 0) is 31.2 Å². The summed E-state index contributed by atoms with van der Waals surface area (Å²) in [6, 6.07) is 8.49. The van der Waals surface area contributed by atoms with Crippen molar-refractivity contribution in [3.05, 3.63) is 47.0 Å². The third-order valence-corrected chi connectivity index (χ3v) is 5.07. The average molecular weight is 400 g/mol. The van der Waals surface area contributed by atoms with Crippen molar-refractivity contribution in [3.8, 4) is 11.5 Å². The Morgan fingerprint density at radius 2 is 1.69 bits per heavy atom. The van der Waals surface area contributed by atoms with Crippen LogP contribution in [0.2, 0.25) is 5.02 Å². The Hall–Kier alpha value is -2.45. The van der Waals surface area contributed by atoms with Gasteiger partial charge in [-0.1, -0.05) is 11.6 Å². The highest BCUT2D eigenvalue weighted by atomic mass is 35.5. The fourth-order valence-electron chi connectivity index (χ4n) is 2.14. The van der Waals surface area contributed by atoms with E-state index in [1.165, 1.54) is 50.6 Å². The van der Waals surface area contributed by atoms with Crippen LogP contribution in [0.4, 0.5) is 5.69 Å². The van der Waals surface area contributed by atoms with Crippen molar-refractivity contribution in [2.24, 2.45) is 0 Å². The molecule has 0 aliphatic heterocycles. The maximum Gasteiger partial charge on any atom is 0.338 e. The molecule has 0 saturated heterocycles. The van der Waals surface area contributed by atoms with Gasteiger partial charge in [-0.15, -0.1) is 0 Å². The van der Waals surface area contributed by atoms with Gasteiger partial charge in [0.15, 0.2) is 0 Å². The lowest BCUT2D eigenvalue weighted by molar-refractivity contribution is 0.0526. The minimum Gasteiger partial charge on any atom is -0.495 e. The molecule has 0 atom stereocenters. The number of benzene rings is 2. The SMILES string of the molecule is CCOC(=O)c1ccc(NS(=O)(=O)c2cc(OC)c(Cl)cc2OC)cc1. The summed E-state index contributed by atoms with van der Waals surface area (Å²) in [5, 5.41) is 0.224. The molecule has 0 saturated carbocycles. The van der Waals surface area contributed by atoms with E-state index in [2.05, 4.69) is 4.72 Å². The zero-order chi connectivity index (χ0) is 19.3. The second kappa shape index (κ2) is 8.29. The smallest absolute Gasteiger partial charge is 0.338 e. The van der Waals surface area contributed by atoms with Crippen molar-refractivity contribution in [1.29, 1.82) is 0 Å². The van der Waals surface area contributed by atoms with Crippen LogP contribution in [0.25, 0.3) is 0 Å². The molecule has 2 aromatic carbocycles. The second-order valence-corrected chi connectivity index (χ2v) is 7.10. The number of nitrogens with one attached hydrogen (secondary N) is 1. The van der Waals surface area contributed by atoms with Gasteiger partial charge in [0.1, 0.15) is 16.4 Å². The Morgan fingerprint density at radius 1 is 1.08 bits per heavy atom. The van der Waals surface area contributed by atoms with Crippen LogP contribution in [0.1, 0.15) is 17.3 Å². The normalized spacial score (nSPS) is 10.9. The second-order valence-electron chi connectivity index (χ2n) is 5.04. The molecule has 0 aliphatic rings. The lowest BCUT2D eigenvalue weighted by Gasteiger charge is -2.14. The summed E-state index contributed by atoms with van der Waals surface area (Å²) < 4.78 is 42.9. The van der Waals surface area contributed by atoms with E-state index >= 15 is 0 Å². The molecular weight excluding hydrogens is 382 g/mol. The lowest BCUT2D eigenvalue weighted by Crippen LogP contribution is -2.14. The molecule has 2 aromatic rings. The third kappa shape index (κ3) is 4.39. The standard InChI is InChI=1S/C17H18ClNO6S/c1-4-25-17(20)11-5-7-12(8-6-11)19-26(21,22)16-10-14(23-2)13(18)9-15(16)24-3/h5-10,19H,4H2,1-3H3. The molecule has 0 spiro atoms. The fraction of sp³-hybridized carbons (Fsp3) is 0.235. The number of carbonyl (C=O) groups excluding carboxylic acids is 1. The molecular formula is C17H18ClNO6S. The molecule has 7 nitrogen and oxygen atoms in total. The highest BCUT2D eigenvalue weighted by Crippen LogP contribution is 2.35. The number of hydrogen-bond donors (Lipinski definition) is 1. The Kier molecular flexibility index (Phi) is 6.33. The maximum absolute atomic E-state index is 12.7. The number of rotatable bonds is 7. The number of esters is 1. The highest BCUT2D eigenvalue weighted by Gasteiger charge is 2.22. The Morgan fingerprint density at radius 3 is 2.23 bits per heavy atom. The zero-order valence-electron chi connectivity index (χ0n) is 14.4. The highest BCUT2D eigenvalue weighted by molar-refractivity contribution is 7.92. The van der Waals surface area contributed by atoms with Crippen LogP contribution in [0.15, 0.2) is 41.3 Å². The van der Waals surface area contributed by atoms with Crippen LogP contribution in [-0.4, -0.2) is 35.2 Å². The van der Waals surface area contributed by atoms with Gasteiger partial charge in [0, 0.05) is 17.8 Å².